The van der Waals surface area contributed by atoms with Crippen LogP contribution in [0.2, 0.25) is 19.1 Å². The van der Waals surface area contributed by atoms with Crippen molar-refractivity contribution in [3.63, 3.8) is 0 Å². The Bertz CT molecular complexity index is 298. The second-order valence-electron chi connectivity index (χ2n) is 3.88. The van der Waals surface area contributed by atoms with Crippen LogP contribution >= 0.6 is 0 Å². The predicted octanol–water partition coefficient (Wildman–Crippen LogP) is 1.28. The highest BCUT2D eigenvalue weighted by Gasteiger charge is 2.17. The molecule has 4 nitrogen and oxygen atoms in total. The molecule has 0 bridgehead atoms. The molecule has 0 atom stereocenters. The fraction of sp³-hybridized carbons (Fsp3) is 0.600. The van der Waals surface area contributed by atoms with E-state index in [1.807, 2.05) is 13.1 Å². The number of carboxylic acids is 1. The lowest BCUT2D eigenvalue weighted by molar-refractivity contribution is -0.141. The minimum Gasteiger partial charge on any atom is -0.472 e. The molecular formula is C10H16O4Si. The Hall–Kier alpha value is -1.28. The van der Waals surface area contributed by atoms with Crippen molar-refractivity contribution in [3.05, 3.63) is 0 Å². The maximum absolute atomic E-state index is 10.5. The summed E-state index contributed by atoms with van der Waals surface area (Å²) < 4.78 is 4.78. The van der Waals surface area contributed by atoms with Gasteiger partial charge in [-0.15, -0.1) is 5.54 Å². The quantitative estimate of drug-likeness (QED) is 0.341. The highest BCUT2D eigenvalue weighted by Crippen LogP contribution is 2.10. The lowest BCUT2D eigenvalue weighted by Crippen LogP contribution is -2.24. The summed E-state index contributed by atoms with van der Waals surface area (Å²) in [6, 6.07) is 0.834. The van der Waals surface area contributed by atoms with Gasteiger partial charge >= 0.3 is 11.9 Å². The standard InChI is InChI=1S/C10H16O4Si/c1-9(11)14-6-4-7-15(2,3)8-5-10(12)13/h4,6-7H2,1-3H3,(H,12,13). The van der Waals surface area contributed by atoms with Gasteiger partial charge in [0.05, 0.1) is 6.61 Å². The Kier molecular flexibility index (Phi) is 5.71. The Balaban J connectivity index is 3.90. The second kappa shape index (κ2) is 6.25. The highest BCUT2D eigenvalue weighted by atomic mass is 28.3. The van der Waals surface area contributed by atoms with Crippen molar-refractivity contribution in [2.45, 2.75) is 32.5 Å². The summed E-state index contributed by atoms with van der Waals surface area (Å²) in [6.45, 7) is 5.75. The predicted molar refractivity (Wildman–Crippen MR) is 59.0 cm³/mol. The van der Waals surface area contributed by atoms with Crippen LogP contribution < -0.4 is 0 Å². The molecule has 0 aromatic heterocycles. The highest BCUT2D eigenvalue weighted by molar-refractivity contribution is 6.85. The molecule has 0 fully saturated rings. The summed E-state index contributed by atoms with van der Waals surface area (Å²) in [7, 11) is -1.77. The number of hydrogen-bond acceptors (Lipinski definition) is 3. The van der Waals surface area contributed by atoms with Crippen LogP contribution in [-0.2, 0) is 14.3 Å². The molecule has 5 heteroatoms. The van der Waals surface area contributed by atoms with Crippen molar-refractivity contribution >= 4 is 20.0 Å². The van der Waals surface area contributed by atoms with Gasteiger partial charge in [-0.3, -0.25) is 4.79 Å². The Labute approximate surface area is 90.6 Å². The van der Waals surface area contributed by atoms with Crippen molar-refractivity contribution < 1.29 is 19.4 Å². The van der Waals surface area contributed by atoms with Gasteiger partial charge in [0.1, 0.15) is 8.07 Å². The molecule has 84 valence electrons. The van der Waals surface area contributed by atoms with E-state index in [9.17, 15) is 9.59 Å². The summed E-state index contributed by atoms with van der Waals surface area (Å²) in [5, 5.41) is 8.40. The fourth-order valence-electron chi connectivity index (χ4n) is 1.02. The van der Waals surface area contributed by atoms with Gasteiger partial charge in [0.15, 0.2) is 0 Å². The molecule has 0 aromatic rings. The third-order valence-electron chi connectivity index (χ3n) is 1.76. The van der Waals surface area contributed by atoms with Gasteiger partial charge in [-0.25, -0.2) is 4.79 Å². The molecule has 0 spiro atoms. The van der Waals surface area contributed by atoms with E-state index in [1.165, 1.54) is 6.92 Å². The molecule has 0 radical (unpaired) electrons. The molecule has 0 amide bonds. The first-order chi connectivity index (χ1) is 6.83. The maximum atomic E-state index is 10.5. The van der Waals surface area contributed by atoms with Crippen LogP contribution in [0.1, 0.15) is 13.3 Å². The van der Waals surface area contributed by atoms with Crippen molar-refractivity contribution in [3.8, 4) is 11.5 Å². The van der Waals surface area contributed by atoms with E-state index in [2.05, 4.69) is 11.5 Å². The van der Waals surface area contributed by atoms with Gasteiger partial charge in [-0.1, -0.05) is 13.1 Å². The largest absolute Gasteiger partial charge is 0.472 e. The van der Waals surface area contributed by atoms with Crippen molar-refractivity contribution in [1.82, 2.24) is 0 Å². The minimum atomic E-state index is -1.77. The lowest BCUT2D eigenvalue weighted by Gasteiger charge is -2.13. The molecular weight excluding hydrogens is 212 g/mol. The molecule has 15 heavy (non-hydrogen) atoms. The van der Waals surface area contributed by atoms with Crippen LogP contribution in [0, 0.1) is 11.5 Å². The molecule has 0 saturated carbocycles. The molecule has 0 aromatic carbocycles. The summed E-state index contributed by atoms with van der Waals surface area (Å²) in [5.74, 6) is 0.783. The molecule has 0 rings (SSSR count). The Morgan fingerprint density at radius 1 is 1.40 bits per heavy atom. The second-order valence-corrected chi connectivity index (χ2v) is 8.40. The monoisotopic (exact) mass is 228 g/mol. The molecule has 0 aliphatic heterocycles. The molecule has 0 aliphatic rings. The third-order valence-corrected chi connectivity index (χ3v) is 4.16. The van der Waals surface area contributed by atoms with E-state index in [4.69, 9.17) is 9.84 Å². The SMILES string of the molecule is CC(=O)OCCC[Si](C)(C)C#CC(=O)O. The van der Waals surface area contributed by atoms with Gasteiger partial charge in [0.2, 0.25) is 0 Å². The first-order valence-electron chi connectivity index (χ1n) is 4.73. The van der Waals surface area contributed by atoms with Gasteiger partial charge in [0.25, 0.3) is 0 Å². The summed E-state index contributed by atoms with van der Waals surface area (Å²) in [5.41, 5.74) is 2.80. The summed E-state index contributed by atoms with van der Waals surface area (Å²) >= 11 is 0. The van der Waals surface area contributed by atoms with Crippen LogP contribution in [-0.4, -0.2) is 31.7 Å². The molecule has 1 N–H and O–H groups in total. The summed E-state index contributed by atoms with van der Waals surface area (Å²) in [6.07, 6.45) is 0.743. The zero-order chi connectivity index (χ0) is 11.9. The number of carbonyl (C=O) groups is 2. The first-order valence-corrected chi connectivity index (χ1v) is 7.94. The fourth-order valence-corrected chi connectivity index (χ4v) is 2.61. The number of esters is 1. The van der Waals surface area contributed by atoms with Crippen LogP contribution in [0.15, 0.2) is 0 Å². The number of carbonyl (C=O) groups excluding carboxylic acids is 1. The van der Waals surface area contributed by atoms with Crippen LogP contribution in [0.5, 0.6) is 0 Å². The van der Waals surface area contributed by atoms with Gasteiger partial charge in [-0.05, 0) is 12.5 Å². The minimum absolute atomic E-state index is 0.286. The number of aliphatic carboxylic acids is 1. The normalized spacial score (nSPS) is 10.1. The molecule has 0 heterocycles. The topological polar surface area (TPSA) is 63.6 Å². The number of carboxylic acid groups (broad SMARTS) is 1. The van der Waals surface area contributed by atoms with Gasteiger partial charge < -0.3 is 9.84 Å². The van der Waals surface area contributed by atoms with E-state index < -0.39 is 14.0 Å². The lowest BCUT2D eigenvalue weighted by atomic mass is 10.5. The van der Waals surface area contributed by atoms with Crippen LogP contribution in [0.3, 0.4) is 0 Å². The number of ether oxygens (including phenoxy) is 1. The average molecular weight is 228 g/mol. The first kappa shape index (κ1) is 13.7. The molecule has 0 saturated heterocycles. The van der Waals surface area contributed by atoms with Crippen LogP contribution in [0.4, 0.5) is 0 Å². The Morgan fingerprint density at radius 3 is 2.47 bits per heavy atom. The zero-order valence-electron chi connectivity index (χ0n) is 9.29. The van der Waals surface area contributed by atoms with Crippen molar-refractivity contribution in [2.75, 3.05) is 6.61 Å². The Morgan fingerprint density at radius 2 is 2.00 bits per heavy atom. The van der Waals surface area contributed by atoms with Crippen molar-refractivity contribution in [2.24, 2.45) is 0 Å². The van der Waals surface area contributed by atoms with E-state index in [0.717, 1.165) is 12.5 Å². The van der Waals surface area contributed by atoms with Crippen LogP contribution in [0.25, 0.3) is 0 Å². The summed E-state index contributed by atoms with van der Waals surface area (Å²) in [4.78, 5) is 20.7. The molecule has 0 unspecified atom stereocenters. The smallest absolute Gasteiger partial charge is 0.381 e. The molecule has 0 aliphatic carbocycles. The number of rotatable bonds is 4. The van der Waals surface area contributed by atoms with E-state index in [1.54, 1.807) is 0 Å². The average Bonchev–Trinajstić information content (AvgIpc) is 2.09. The van der Waals surface area contributed by atoms with E-state index in [-0.39, 0.29) is 5.97 Å². The maximum Gasteiger partial charge on any atom is 0.381 e. The van der Waals surface area contributed by atoms with E-state index in [0.29, 0.717) is 6.61 Å². The number of hydrogen-bond donors (Lipinski definition) is 1. The van der Waals surface area contributed by atoms with E-state index >= 15 is 0 Å². The zero-order valence-corrected chi connectivity index (χ0v) is 10.3. The van der Waals surface area contributed by atoms with Crippen molar-refractivity contribution in [1.29, 1.82) is 0 Å². The third kappa shape index (κ3) is 9.03. The van der Waals surface area contributed by atoms with Gasteiger partial charge in [-0.2, -0.15) is 0 Å². The van der Waals surface area contributed by atoms with Gasteiger partial charge in [0, 0.05) is 12.8 Å².